The molecule has 0 aliphatic carbocycles. The van der Waals surface area contributed by atoms with Gasteiger partial charge in [-0.3, -0.25) is 0 Å². The van der Waals surface area contributed by atoms with Crippen molar-refractivity contribution in [1.82, 2.24) is 0 Å². The lowest BCUT2D eigenvalue weighted by molar-refractivity contribution is 0.311. The van der Waals surface area contributed by atoms with Crippen LogP contribution in [0, 0.1) is 0 Å². The number of methoxy groups -OCH3 is 1. The minimum absolute atomic E-state index is 0.724. The number of aryl methyl sites for hydroxylation is 1. The number of hydrogen-bond donors (Lipinski definition) is 1. The van der Waals surface area contributed by atoms with E-state index in [1.807, 2.05) is 48.5 Å². The molecule has 0 saturated carbocycles. The summed E-state index contributed by atoms with van der Waals surface area (Å²) in [6.07, 6.45) is 2.05. The van der Waals surface area contributed by atoms with Crippen LogP contribution in [0.25, 0.3) is 0 Å². The van der Waals surface area contributed by atoms with Crippen molar-refractivity contribution in [1.29, 1.82) is 0 Å². The molecule has 0 bridgehead atoms. The molecule has 3 rings (SSSR count). The molecule has 0 amide bonds. The average molecular weight is 347 g/mol. The van der Waals surface area contributed by atoms with Crippen LogP contribution in [0.5, 0.6) is 11.5 Å². The van der Waals surface area contributed by atoms with E-state index in [2.05, 4.69) is 35.6 Å². The number of ether oxygens (including phenoxy) is 2. The van der Waals surface area contributed by atoms with Crippen molar-refractivity contribution in [3.8, 4) is 11.5 Å². The van der Waals surface area contributed by atoms with Crippen LogP contribution in [0.4, 0.5) is 5.69 Å². The number of hydrogen-bond acceptors (Lipinski definition) is 3. The number of benzene rings is 3. The molecule has 0 unspecified atom stereocenters. The summed E-state index contributed by atoms with van der Waals surface area (Å²) in [6.45, 7) is 1.45. The molecule has 3 aromatic carbocycles. The fraction of sp³-hybridized carbons (Fsp3) is 0.217. The first-order valence-electron chi connectivity index (χ1n) is 8.98. The van der Waals surface area contributed by atoms with Gasteiger partial charge in [0, 0.05) is 17.8 Å². The van der Waals surface area contributed by atoms with Gasteiger partial charge in [0.25, 0.3) is 0 Å². The summed E-state index contributed by atoms with van der Waals surface area (Å²) in [5.41, 5.74) is 3.55. The molecule has 26 heavy (non-hydrogen) atoms. The van der Waals surface area contributed by atoms with Crippen LogP contribution in [0.3, 0.4) is 0 Å². The molecule has 0 aliphatic rings. The van der Waals surface area contributed by atoms with Gasteiger partial charge in [-0.15, -0.1) is 0 Å². The van der Waals surface area contributed by atoms with Crippen molar-refractivity contribution in [2.75, 3.05) is 19.0 Å². The first-order valence-corrected chi connectivity index (χ1v) is 8.98. The minimum atomic E-state index is 0.724. The molecule has 0 radical (unpaired) electrons. The van der Waals surface area contributed by atoms with Gasteiger partial charge in [-0.05, 0) is 48.7 Å². The van der Waals surface area contributed by atoms with Gasteiger partial charge >= 0.3 is 0 Å². The molecule has 0 atom stereocenters. The quantitative estimate of drug-likeness (QED) is 0.532. The zero-order chi connectivity index (χ0) is 18.0. The molecule has 0 saturated heterocycles. The van der Waals surface area contributed by atoms with Crippen LogP contribution >= 0.6 is 0 Å². The fourth-order valence-electron chi connectivity index (χ4n) is 2.83. The van der Waals surface area contributed by atoms with Crippen LogP contribution in [-0.4, -0.2) is 13.7 Å². The van der Waals surface area contributed by atoms with E-state index >= 15 is 0 Å². The van der Waals surface area contributed by atoms with Crippen molar-refractivity contribution in [2.45, 2.75) is 19.4 Å². The third kappa shape index (κ3) is 5.28. The van der Waals surface area contributed by atoms with Gasteiger partial charge in [-0.2, -0.15) is 0 Å². The normalized spacial score (nSPS) is 10.3. The summed E-state index contributed by atoms with van der Waals surface area (Å²) in [5.74, 6) is 1.80. The highest BCUT2D eigenvalue weighted by Gasteiger charge is 2.02. The van der Waals surface area contributed by atoms with E-state index in [9.17, 15) is 0 Å². The molecule has 1 N–H and O–H groups in total. The van der Waals surface area contributed by atoms with Crippen molar-refractivity contribution < 1.29 is 9.47 Å². The predicted octanol–water partition coefficient (Wildman–Crippen LogP) is 5.32. The van der Waals surface area contributed by atoms with Crippen molar-refractivity contribution in [2.24, 2.45) is 0 Å². The topological polar surface area (TPSA) is 30.5 Å². The van der Waals surface area contributed by atoms with Gasteiger partial charge in [-0.25, -0.2) is 0 Å². The molecular formula is C23H25NO2. The Morgan fingerprint density at radius 2 is 1.54 bits per heavy atom. The Labute approximate surface area is 155 Å². The fourth-order valence-corrected chi connectivity index (χ4v) is 2.83. The second-order valence-corrected chi connectivity index (χ2v) is 6.13. The van der Waals surface area contributed by atoms with E-state index < -0.39 is 0 Å². The molecule has 0 heterocycles. The van der Waals surface area contributed by atoms with Crippen LogP contribution in [0.2, 0.25) is 0 Å². The lowest BCUT2D eigenvalue weighted by Gasteiger charge is -2.11. The molecule has 0 aliphatic heterocycles. The molecule has 3 nitrogen and oxygen atoms in total. The second-order valence-electron chi connectivity index (χ2n) is 6.13. The largest absolute Gasteiger partial charge is 0.496 e. The third-order valence-corrected chi connectivity index (χ3v) is 4.25. The molecule has 0 aromatic heterocycles. The third-order valence-electron chi connectivity index (χ3n) is 4.25. The monoisotopic (exact) mass is 347 g/mol. The summed E-state index contributed by atoms with van der Waals surface area (Å²) in [4.78, 5) is 0. The van der Waals surface area contributed by atoms with Crippen LogP contribution in [0.1, 0.15) is 17.5 Å². The average Bonchev–Trinajstić information content (AvgIpc) is 2.71. The van der Waals surface area contributed by atoms with E-state index in [4.69, 9.17) is 9.47 Å². The lowest BCUT2D eigenvalue weighted by Crippen LogP contribution is -2.02. The van der Waals surface area contributed by atoms with E-state index in [1.165, 1.54) is 5.56 Å². The maximum Gasteiger partial charge on any atom is 0.123 e. The Kier molecular flexibility index (Phi) is 6.54. The van der Waals surface area contributed by atoms with Crippen LogP contribution in [0.15, 0.2) is 78.9 Å². The number of rotatable bonds is 9. The van der Waals surface area contributed by atoms with Gasteiger partial charge < -0.3 is 14.8 Å². The number of anilines is 1. The summed E-state index contributed by atoms with van der Waals surface area (Å²) >= 11 is 0. The summed E-state index contributed by atoms with van der Waals surface area (Å²) in [7, 11) is 1.70. The standard InChI is InChI=1S/C23H25NO2/c1-25-23-12-6-5-11-20(23)18-24-21-13-15-22(16-14-21)26-17-7-10-19-8-3-2-4-9-19/h2-6,8-9,11-16,24H,7,10,17-18H2,1H3. The van der Waals surface area contributed by atoms with Crippen molar-refractivity contribution in [3.05, 3.63) is 90.0 Å². The Balaban J connectivity index is 1.43. The molecule has 134 valence electrons. The van der Waals surface area contributed by atoms with Crippen LogP contribution < -0.4 is 14.8 Å². The second kappa shape index (κ2) is 9.52. The zero-order valence-electron chi connectivity index (χ0n) is 15.2. The maximum atomic E-state index is 5.83. The lowest BCUT2D eigenvalue weighted by atomic mass is 10.1. The van der Waals surface area contributed by atoms with Crippen LogP contribution in [-0.2, 0) is 13.0 Å². The molecule has 3 aromatic rings. The smallest absolute Gasteiger partial charge is 0.123 e. The zero-order valence-corrected chi connectivity index (χ0v) is 15.2. The van der Waals surface area contributed by atoms with Gasteiger partial charge in [0.1, 0.15) is 11.5 Å². The molecule has 3 heteroatoms. The van der Waals surface area contributed by atoms with E-state index in [0.29, 0.717) is 0 Å². The Morgan fingerprint density at radius 1 is 0.808 bits per heavy atom. The SMILES string of the molecule is COc1ccccc1CNc1ccc(OCCCc2ccccc2)cc1. The summed E-state index contributed by atoms with van der Waals surface area (Å²) < 4.78 is 11.2. The van der Waals surface area contributed by atoms with Gasteiger partial charge in [0.05, 0.1) is 13.7 Å². The van der Waals surface area contributed by atoms with E-state index in [1.54, 1.807) is 7.11 Å². The predicted molar refractivity (Wildman–Crippen MR) is 107 cm³/mol. The first-order chi connectivity index (χ1) is 12.8. The Bertz CT molecular complexity index is 785. The van der Waals surface area contributed by atoms with Gasteiger partial charge in [0.2, 0.25) is 0 Å². The summed E-state index contributed by atoms with van der Waals surface area (Å²) in [6, 6.07) is 26.6. The maximum absolute atomic E-state index is 5.83. The minimum Gasteiger partial charge on any atom is -0.496 e. The van der Waals surface area contributed by atoms with Gasteiger partial charge in [0.15, 0.2) is 0 Å². The molecule has 0 fully saturated rings. The van der Waals surface area contributed by atoms with E-state index in [0.717, 1.165) is 48.7 Å². The number of nitrogens with one attached hydrogen (secondary N) is 1. The Hall–Kier alpha value is -2.94. The Morgan fingerprint density at radius 3 is 2.31 bits per heavy atom. The first kappa shape index (κ1) is 17.9. The van der Waals surface area contributed by atoms with Crippen molar-refractivity contribution in [3.63, 3.8) is 0 Å². The van der Waals surface area contributed by atoms with Crippen molar-refractivity contribution >= 4 is 5.69 Å². The molecular weight excluding hydrogens is 322 g/mol. The highest BCUT2D eigenvalue weighted by atomic mass is 16.5. The van der Waals surface area contributed by atoms with Gasteiger partial charge in [-0.1, -0.05) is 48.5 Å². The number of para-hydroxylation sites is 1. The highest BCUT2D eigenvalue weighted by Crippen LogP contribution is 2.20. The van der Waals surface area contributed by atoms with E-state index in [-0.39, 0.29) is 0 Å². The molecule has 0 spiro atoms. The summed E-state index contributed by atoms with van der Waals surface area (Å²) in [5, 5.41) is 3.42. The highest BCUT2D eigenvalue weighted by molar-refractivity contribution is 5.47.